The third-order valence-electron chi connectivity index (χ3n) is 3.65. The third-order valence-corrected chi connectivity index (χ3v) is 3.65. The summed E-state index contributed by atoms with van der Waals surface area (Å²) in [6.07, 6.45) is -3.39. The molecule has 0 radical (unpaired) electrons. The van der Waals surface area contributed by atoms with Crippen molar-refractivity contribution in [2.24, 2.45) is 0 Å². The number of amides is 2. The summed E-state index contributed by atoms with van der Waals surface area (Å²) >= 11 is 0. The Morgan fingerprint density at radius 2 is 1.89 bits per heavy atom. The van der Waals surface area contributed by atoms with Gasteiger partial charge in [-0.1, -0.05) is 24.3 Å². The Morgan fingerprint density at radius 1 is 1.11 bits per heavy atom. The first-order valence-corrected chi connectivity index (χ1v) is 7.69. The number of para-hydroxylation sites is 1. The normalized spacial score (nSPS) is 12.4. The van der Waals surface area contributed by atoms with Crippen LogP contribution in [-0.2, 0) is 6.18 Å². The van der Waals surface area contributed by atoms with Gasteiger partial charge in [-0.15, -0.1) is 0 Å². The topological polar surface area (TPSA) is 82.7 Å². The second kappa shape index (κ2) is 7.44. The van der Waals surface area contributed by atoms with Gasteiger partial charge in [-0.2, -0.15) is 18.3 Å². The molecule has 3 rings (SSSR count). The van der Waals surface area contributed by atoms with Gasteiger partial charge in [0, 0.05) is 0 Å². The van der Waals surface area contributed by atoms with Crippen molar-refractivity contribution in [3.8, 4) is 0 Å². The lowest BCUT2D eigenvalue weighted by Gasteiger charge is -2.19. The van der Waals surface area contributed by atoms with Crippen LogP contribution in [0.2, 0.25) is 0 Å². The number of hydrogen-bond acceptors (Lipinski definition) is 3. The maximum absolute atomic E-state index is 13.7. The molecule has 0 aliphatic rings. The Balaban J connectivity index is 1.87. The minimum atomic E-state index is -4.54. The smallest absolute Gasteiger partial charge is 0.324 e. The van der Waals surface area contributed by atoms with E-state index in [1.165, 1.54) is 30.3 Å². The number of H-pyrrole nitrogens is 1. The van der Waals surface area contributed by atoms with Gasteiger partial charge in [0.05, 0.1) is 11.3 Å². The van der Waals surface area contributed by atoms with E-state index in [1.54, 1.807) is 0 Å². The van der Waals surface area contributed by atoms with E-state index in [0.717, 1.165) is 24.5 Å². The molecule has 1 aromatic heterocycles. The van der Waals surface area contributed by atoms with E-state index >= 15 is 0 Å². The maximum atomic E-state index is 13.7. The number of urea groups is 1. The molecule has 0 fully saturated rings. The monoisotopic (exact) mass is 379 g/mol. The zero-order valence-electron chi connectivity index (χ0n) is 13.6. The number of benzene rings is 2. The first-order valence-electron chi connectivity index (χ1n) is 7.69. The number of alkyl halides is 3. The van der Waals surface area contributed by atoms with Crippen molar-refractivity contribution in [2.45, 2.75) is 12.2 Å². The summed E-state index contributed by atoms with van der Waals surface area (Å²) in [6, 6.07) is 8.07. The van der Waals surface area contributed by atoms with Crippen LogP contribution in [0.3, 0.4) is 0 Å². The maximum Gasteiger partial charge on any atom is 0.416 e. The van der Waals surface area contributed by atoms with Gasteiger partial charge in [-0.25, -0.2) is 14.2 Å². The second-order valence-electron chi connectivity index (χ2n) is 5.51. The van der Waals surface area contributed by atoms with Crippen LogP contribution in [0.5, 0.6) is 0 Å². The molecule has 6 nitrogen and oxygen atoms in total. The van der Waals surface area contributed by atoms with Crippen LogP contribution in [0.1, 0.15) is 23.0 Å². The SMILES string of the molecule is O=C(Nc1ccccc1F)NC(c1cccc(C(F)(F)F)c1)c1ncn[nH]1. The number of halogens is 4. The van der Waals surface area contributed by atoms with E-state index in [9.17, 15) is 22.4 Å². The van der Waals surface area contributed by atoms with Crippen LogP contribution in [0.4, 0.5) is 28.0 Å². The van der Waals surface area contributed by atoms with Crippen molar-refractivity contribution in [3.05, 3.63) is 77.6 Å². The lowest BCUT2D eigenvalue weighted by molar-refractivity contribution is -0.137. The number of hydrogen-bond donors (Lipinski definition) is 3. The first kappa shape index (κ1) is 18.4. The van der Waals surface area contributed by atoms with E-state index in [1.807, 2.05) is 0 Å². The summed E-state index contributed by atoms with van der Waals surface area (Å²) in [6.45, 7) is 0. The number of rotatable bonds is 4. The largest absolute Gasteiger partial charge is 0.416 e. The molecule has 0 saturated carbocycles. The predicted octanol–water partition coefficient (Wildman–Crippen LogP) is 3.87. The fraction of sp³-hybridized carbons (Fsp3) is 0.118. The van der Waals surface area contributed by atoms with Crippen molar-refractivity contribution in [1.82, 2.24) is 20.5 Å². The lowest BCUT2D eigenvalue weighted by atomic mass is 10.0. The molecular formula is C17H13F4N5O. The van der Waals surface area contributed by atoms with E-state index in [4.69, 9.17) is 0 Å². The Bertz CT molecular complexity index is 927. The van der Waals surface area contributed by atoms with Crippen LogP contribution in [0.25, 0.3) is 0 Å². The van der Waals surface area contributed by atoms with Crippen LogP contribution in [0, 0.1) is 5.82 Å². The molecule has 1 unspecified atom stereocenters. The lowest BCUT2D eigenvalue weighted by Crippen LogP contribution is -2.34. The number of carbonyl (C=O) groups is 1. The Hall–Kier alpha value is -3.43. The van der Waals surface area contributed by atoms with Crippen LogP contribution < -0.4 is 10.6 Å². The molecule has 0 aliphatic heterocycles. The molecule has 3 aromatic rings. The number of anilines is 1. The molecule has 1 heterocycles. The zero-order chi connectivity index (χ0) is 19.4. The standard InChI is InChI=1S/C17H13F4N5O/c18-12-6-1-2-7-13(12)24-16(27)25-14(15-22-9-23-26-15)10-4-3-5-11(8-10)17(19,20)21/h1-9,14H,(H,22,23,26)(H2,24,25,27). The minimum absolute atomic E-state index is 0.0737. The first-order chi connectivity index (χ1) is 12.8. The molecule has 10 heteroatoms. The summed E-state index contributed by atoms with van der Waals surface area (Å²) in [5, 5.41) is 11.0. The zero-order valence-corrected chi connectivity index (χ0v) is 13.6. The van der Waals surface area contributed by atoms with Crippen molar-refractivity contribution >= 4 is 11.7 Å². The highest BCUT2D eigenvalue weighted by Crippen LogP contribution is 2.31. The summed E-state index contributed by atoms with van der Waals surface area (Å²) in [5.74, 6) is -0.527. The fourth-order valence-corrected chi connectivity index (χ4v) is 2.41. The number of carbonyl (C=O) groups excluding carboxylic acids is 1. The molecule has 2 amide bonds. The quantitative estimate of drug-likeness (QED) is 0.602. The summed E-state index contributed by atoms with van der Waals surface area (Å²) in [7, 11) is 0. The Kier molecular flexibility index (Phi) is 5.06. The van der Waals surface area contributed by atoms with E-state index in [-0.39, 0.29) is 17.1 Å². The minimum Gasteiger partial charge on any atom is -0.324 e. The highest BCUT2D eigenvalue weighted by molar-refractivity contribution is 5.89. The fourth-order valence-electron chi connectivity index (χ4n) is 2.41. The van der Waals surface area contributed by atoms with E-state index in [0.29, 0.717) is 0 Å². The van der Waals surface area contributed by atoms with Gasteiger partial charge in [0.2, 0.25) is 0 Å². The summed E-state index contributed by atoms with van der Waals surface area (Å²) in [4.78, 5) is 16.2. The van der Waals surface area contributed by atoms with Crippen LogP contribution in [0.15, 0.2) is 54.9 Å². The van der Waals surface area contributed by atoms with E-state index < -0.39 is 29.6 Å². The number of nitrogens with one attached hydrogen (secondary N) is 3. The van der Waals surface area contributed by atoms with Gasteiger partial charge in [-0.3, -0.25) is 5.10 Å². The van der Waals surface area contributed by atoms with Crippen molar-refractivity contribution in [1.29, 1.82) is 0 Å². The van der Waals surface area contributed by atoms with Gasteiger partial charge in [0.15, 0.2) is 5.82 Å². The number of nitrogens with zero attached hydrogens (tertiary/aromatic N) is 2. The third kappa shape index (κ3) is 4.40. The Labute approximate surface area is 150 Å². The average Bonchev–Trinajstić information content (AvgIpc) is 3.15. The Morgan fingerprint density at radius 3 is 2.56 bits per heavy atom. The van der Waals surface area contributed by atoms with Crippen LogP contribution in [-0.4, -0.2) is 21.2 Å². The second-order valence-corrected chi connectivity index (χ2v) is 5.51. The van der Waals surface area contributed by atoms with Gasteiger partial charge in [0.1, 0.15) is 18.2 Å². The average molecular weight is 379 g/mol. The molecule has 3 N–H and O–H groups in total. The van der Waals surface area contributed by atoms with Gasteiger partial charge in [-0.05, 0) is 29.8 Å². The van der Waals surface area contributed by atoms with Gasteiger partial charge in [0.25, 0.3) is 0 Å². The number of aromatic amines is 1. The van der Waals surface area contributed by atoms with Gasteiger partial charge < -0.3 is 10.6 Å². The van der Waals surface area contributed by atoms with Crippen LogP contribution >= 0.6 is 0 Å². The molecule has 0 spiro atoms. The molecule has 2 aromatic carbocycles. The molecular weight excluding hydrogens is 366 g/mol. The van der Waals surface area contributed by atoms with Crippen molar-refractivity contribution in [3.63, 3.8) is 0 Å². The van der Waals surface area contributed by atoms with Crippen molar-refractivity contribution in [2.75, 3.05) is 5.32 Å². The number of aromatic nitrogens is 3. The highest BCUT2D eigenvalue weighted by atomic mass is 19.4. The summed E-state index contributed by atoms with van der Waals surface area (Å²) in [5.41, 5.74) is -0.818. The molecule has 1 atom stereocenters. The predicted molar refractivity (Wildman–Crippen MR) is 88.2 cm³/mol. The summed E-state index contributed by atoms with van der Waals surface area (Å²) < 4.78 is 52.6. The van der Waals surface area contributed by atoms with E-state index in [2.05, 4.69) is 25.8 Å². The molecule has 0 bridgehead atoms. The molecule has 140 valence electrons. The molecule has 0 saturated heterocycles. The molecule has 0 aliphatic carbocycles. The molecule has 27 heavy (non-hydrogen) atoms. The van der Waals surface area contributed by atoms with Crippen molar-refractivity contribution < 1.29 is 22.4 Å². The highest BCUT2D eigenvalue weighted by Gasteiger charge is 2.31. The van der Waals surface area contributed by atoms with Gasteiger partial charge >= 0.3 is 12.2 Å².